The van der Waals surface area contributed by atoms with Crippen LogP contribution in [0, 0.1) is 12.3 Å². The first-order valence-corrected chi connectivity index (χ1v) is 8.75. The molecule has 26 heavy (non-hydrogen) atoms. The first-order chi connectivity index (χ1) is 12.4. The van der Waals surface area contributed by atoms with Gasteiger partial charge in [0.15, 0.2) is 0 Å². The zero-order valence-corrected chi connectivity index (χ0v) is 15.7. The molecule has 2 N–H and O–H groups in total. The van der Waals surface area contributed by atoms with Crippen LogP contribution >= 0.6 is 0 Å². The topological polar surface area (TPSA) is 76.5 Å². The zero-order chi connectivity index (χ0) is 18.7. The lowest BCUT2D eigenvalue weighted by Crippen LogP contribution is -2.36. The summed E-state index contributed by atoms with van der Waals surface area (Å²) in [5.74, 6) is 0.376. The molecule has 1 aromatic heterocycles. The van der Waals surface area contributed by atoms with Crippen molar-refractivity contribution in [3.8, 4) is 5.75 Å². The van der Waals surface area contributed by atoms with Crippen molar-refractivity contribution >= 4 is 11.6 Å². The number of anilines is 1. The fraction of sp³-hybridized carbons (Fsp3) is 0.400. The van der Waals surface area contributed by atoms with E-state index in [-0.39, 0.29) is 5.90 Å². The molecule has 2 heterocycles. The van der Waals surface area contributed by atoms with Crippen molar-refractivity contribution in [3.05, 3.63) is 52.8 Å². The maximum absolute atomic E-state index is 7.81. The van der Waals surface area contributed by atoms with Crippen LogP contribution in [0.1, 0.15) is 43.2 Å². The van der Waals surface area contributed by atoms with Crippen LogP contribution in [0.4, 0.5) is 5.69 Å². The molecule has 1 aromatic carbocycles. The normalized spacial score (nSPS) is 14.9. The molecule has 0 bridgehead atoms. The van der Waals surface area contributed by atoms with Crippen molar-refractivity contribution in [1.82, 2.24) is 4.98 Å². The number of pyridine rings is 1. The highest BCUT2D eigenvalue weighted by Gasteiger charge is 2.30. The molecule has 138 valence electrons. The smallest absolute Gasteiger partial charge is 0.213 e. The SMILES string of the molecule is CCOC(=N)c1ccc(NCc2cnc(C)c3c2COC(C)(C)O3)cc1. The average Bonchev–Trinajstić information content (AvgIpc) is 2.61. The second-order valence-corrected chi connectivity index (χ2v) is 6.66. The van der Waals surface area contributed by atoms with Crippen molar-refractivity contribution < 1.29 is 14.2 Å². The number of hydrogen-bond acceptors (Lipinski definition) is 6. The van der Waals surface area contributed by atoms with Crippen LogP contribution in [0.15, 0.2) is 30.5 Å². The Morgan fingerprint density at radius 3 is 2.73 bits per heavy atom. The molecule has 0 atom stereocenters. The first kappa shape index (κ1) is 18.2. The molecule has 0 amide bonds. The zero-order valence-electron chi connectivity index (χ0n) is 15.7. The van der Waals surface area contributed by atoms with Crippen LogP contribution in [0.25, 0.3) is 0 Å². The minimum Gasteiger partial charge on any atom is -0.478 e. The van der Waals surface area contributed by atoms with E-state index in [1.807, 2.05) is 58.2 Å². The molecule has 2 aromatic rings. The van der Waals surface area contributed by atoms with Gasteiger partial charge in [-0.1, -0.05) is 0 Å². The van der Waals surface area contributed by atoms with Crippen LogP contribution in [0.2, 0.25) is 0 Å². The lowest BCUT2D eigenvalue weighted by atomic mass is 10.1. The molecule has 0 saturated carbocycles. The van der Waals surface area contributed by atoms with E-state index in [0.717, 1.165) is 33.8 Å². The highest BCUT2D eigenvalue weighted by Crippen LogP contribution is 2.35. The van der Waals surface area contributed by atoms with Gasteiger partial charge in [-0.05, 0) is 43.7 Å². The molecule has 1 aliphatic rings. The molecule has 0 unspecified atom stereocenters. The van der Waals surface area contributed by atoms with Crippen molar-refractivity contribution in [2.24, 2.45) is 0 Å². The Morgan fingerprint density at radius 1 is 1.31 bits per heavy atom. The molecule has 1 aliphatic heterocycles. The highest BCUT2D eigenvalue weighted by molar-refractivity contribution is 5.91. The van der Waals surface area contributed by atoms with Gasteiger partial charge in [-0.3, -0.25) is 10.4 Å². The van der Waals surface area contributed by atoms with Gasteiger partial charge >= 0.3 is 0 Å². The summed E-state index contributed by atoms with van der Waals surface area (Å²) >= 11 is 0. The number of aryl methyl sites for hydroxylation is 1. The van der Waals surface area contributed by atoms with Crippen LogP contribution < -0.4 is 10.1 Å². The third-order valence-electron chi connectivity index (χ3n) is 4.24. The van der Waals surface area contributed by atoms with Crippen LogP contribution in [0.3, 0.4) is 0 Å². The summed E-state index contributed by atoms with van der Waals surface area (Å²) in [6, 6.07) is 7.62. The Hall–Kier alpha value is -2.60. The quantitative estimate of drug-likeness (QED) is 0.626. The van der Waals surface area contributed by atoms with Gasteiger partial charge < -0.3 is 19.5 Å². The van der Waals surface area contributed by atoms with Crippen LogP contribution in [0.5, 0.6) is 5.75 Å². The van der Waals surface area contributed by atoms with E-state index in [1.165, 1.54) is 0 Å². The lowest BCUT2D eigenvalue weighted by Gasteiger charge is -2.34. The van der Waals surface area contributed by atoms with Gasteiger partial charge in [-0.25, -0.2) is 0 Å². The minimum absolute atomic E-state index is 0.188. The molecule has 6 nitrogen and oxygen atoms in total. The summed E-state index contributed by atoms with van der Waals surface area (Å²) in [5.41, 5.74) is 4.69. The van der Waals surface area contributed by atoms with Crippen molar-refractivity contribution in [1.29, 1.82) is 5.41 Å². The summed E-state index contributed by atoms with van der Waals surface area (Å²) in [4.78, 5) is 4.46. The fourth-order valence-corrected chi connectivity index (χ4v) is 2.81. The number of nitrogens with zero attached hydrogens (tertiary/aromatic N) is 1. The van der Waals surface area contributed by atoms with Gasteiger partial charge in [0, 0.05) is 43.4 Å². The second kappa shape index (κ2) is 7.33. The monoisotopic (exact) mass is 355 g/mol. The lowest BCUT2D eigenvalue weighted by molar-refractivity contribution is -0.180. The van der Waals surface area contributed by atoms with Gasteiger partial charge in [0.25, 0.3) is 0 Å². The standard InChI is InChI=1S/C20H25N3O3/c1-5-24-19(21)14-6-8-16(9-7-14)23-11-15-10-22-13(2)18-17(15)12-25-20(3,4)26-18/h6-10,21,23H,5,11-12H2,1-4H3. The summed E-state index contributed by atoms with van der Waals surface area (Å²) in [6.45, 7) is 9.24. The molecule has 6 heteroatoms. The van der Waals surface area contributed by atoms with Crippen LogP contribution in [-0.2, 0) is 22.6 Å². The number of fused-ring (bicyclic) bond motifs is 1. The summed E-state index contributed by atoms with van der Waals surface area (Å²) in [5, 5.41) is 11.2. The van der Waals surface area contributed by atoms with Crippen molar-refractivity contribution in [3.63, 3.8) is 0 Å². The molecule has 0 spiro atoms. The van der Waals surface area contributed by atoms with Crippen molar-refractivity contribution in [2.75, 3.05) is 11.9 Å². The fourth-order valence-electron chi connectivity index (χ4n) is 2.81. The molecule has 0 radical (unpaired) electrons. The van der Waals surface area contributed by atoms with Gasteiger partial charge in [-0.2, -0.15) is 0 Å². The Bertz CT molecular complexity index is 801. The molecule has 0 fully saturated rings. The predicted molar refractivity (Wildman–Crippen MR) is 101 cm³/mol. The van der Waals surface area contributed by atoms with E-state index in [1.54, 1.807) is 0 Å². The van der Waals surface area contributed by atoms with Gasteiger partial charge in [0.2, 0.25) is 11.7 Å². The summed E-state index contributed by atoms with van der Waals surface area (Å²) in [6.07, 6.45) is 1.87. The Morgan fingerprint density at radius 2 is 2.04 bits per heavy atom. The summed E-state index contributed by atoms with van der Waals surface area (Å²) in [7, 11) is 0. The molecule has 3 rings (SSSR count). The molecule has 0 saturated heterocycles. The van der Waals surface area contributed by atoms with E-state index in [4.69, 9.17) is 19.6 Å². The van der Waals surface area contributed by atoms with Gasteiger partial charge in [0.1, 0.15) is 5.75 Å². The van der Waals surface area contributed by atoms with E-state index in [9.17, 15) is 0 Å². The van der Waals surface area contributed by atoms with E-state index >= 15 is 0 Å². The van der Waals surface area contributed by atoms with Crippen molar-refractivity contribution in [2.45, 2.75) is 46.6 Å². The number of rotatable bonds is 5. The Labute approximate surface area is 154 Å². The third kappa shape index (κ3) is 3.96. The summed E-state index contributed by atoms with van der Waals surface area (Å²) < 4.78 is 17.0. The Kier molecular flexibility index (Phi) is 5.13. The number of benzene rings is 1. The van der Waals surface area contributed by atoms with Gasteiger partial charge in [0.05, 0.1) is 18.9 Å². The molecular formula is C20H25N3O3. The van der Waals surface area contributed by atoms with E-state index in [0.29, 0.717) is 19.8 Å². The van der Waals surface area contributed by atoms with E-state index < -0.39 is 5.79 Å². The number of aromatic nitrogens is 1. The van der Waals surface area contributed by atoms with E-state index in [2.05, 4.69) is 10.3 Å². The largest absolute Gasteiger partial charge is 0.478 e. The molecule has 0 aliphatic carbocycles. The number of nitrogens with one attached hydrogen (secondary N) is 2. The number of ether oxygens (including phenoxy) is 3. The maximum Gasteiger partial charge on any atom is 0.213 e. The maximum atomic E-state index is 7.81. The van der Waals surface area contributed by atoms with Crippen LogP contribution in [-0.4, -0.2) is 23.3 Å². The highest BCUT2D eigenvalue weighted by atomic mass is 16.7. The predicted octanol–water partition coefficient (Wildman–Crippen LogP) is 4.01. The molecular weight excluding hydrogens is 330 g/mol. The Balaban J connectivity index is 1.72. The van der Waals surface area contributed by atoms with Gasteiger partial charge in [-0.15, -0.1) is 0 Å². The third-order valence-corrected chi connectivity index (χ3v) is 4.24. The second-order valence-electron chi connectivity index (χ2n) is 6.66. The first-order valence-electron chi connectivity index (χ1n) is 8.75. The average molecular weight is 355 g/mol. The number of hydrogen-bond donors (Lipinski definition) is 2. The minimum atomic E-state index is -0.633.